The molecule has 0 saturated carbocycles. The zero-order chi connectivity index (χ0) is 31.6. The Morgan fingerprint density at radius 1 is 0.458 bits per heavy atom. The second kappa shape index (κ2) is 10.6. The number of hydrogen-bond donors (Lipinski definition) is 0. The molecule has 3 heteroatoms. The largest absolute Gasteiger partial charge is 0.309 e. The molecule has 1 aliphatic carbocycles. The fourth-order valence-electron chi connectivity index (χ4n) is 7.62. The Morgan fingerprint density at radius 2 is 1.21 bits per heavy atom. The van der Waals surface area contributed by atoms with Gasteiger partial charge in [0.05, 0.1) is 22.2 Å². The van der Waals surface area contributed by atoms with E-state index in [1.54, 1.807) is 0 Å². The summed E-state index contributed by atoms with van der Waals surface area (Å²) in [5.41, 5.74) is 15.4. The molecule has 0 atom stereocenters. The van der Waals surface area contributed by atoms with Crippen molar-refractivity contribution < 1.29 is 0 Å². The highest BCUT2D eigenvalue weighted by Crippen LogP contribution is 2.45. The van der Waals surface area contributed by atoms with Gasteiger partial charge >= 0.3 is 0 Å². The molecule has 0 spiro atoms. The molecule has 7 aromatic carbocycles. The summed E-state index contributed by atoms with van der Waals surface area (Å²) in [7, 11) is 0. The van der Waals surface area contributed by atoms with Crippen molar-refractivity contribution in [2.75, 3.05) is 0 Å². The van der Waals surface area contributed by atoms with E-state index in [-0.39, 0.29) is 0 Å². The van der Waals surface area contributed by atoms with Crippen LogP contribution in [-0.4, -0.2) is 14.5 Å². The summed E-state index contributed by atoms with van der Waals surface area (Å²) < 4.78 is 2.47. The van der Waals surface area contributed by atoms with Crippen LogP contribution >= 0.6 is 0 Å². The van der Waals surface area contributed by atoms with Crippen molar-refractivity contribution in [3.63, 3.8) is 0 Å². The molecule has 0 unspecified atom stereocenters. The molecule has 0 saturated heterocycles. The van der Waals surface area contributed by atoms with E-state index in [0.717, 1.165) is 45.7 Å². The van der Waals surface area contributed by atoms with Crippen LogP contribution in [0.1, 0.15) is 11.1 Å². The average molecular weight is 612 g/mol. The Morgan fingerprint density at radius 3 is 2.08 bits per heavy atom. The lowest BCUT2D eigenvalue weighted by Gasteiger charge is -2.13. The van der Waals surface area contributed by atoms with Crippen LogP contribution in [0.2, 0.25) is 0 Å². The van der Waals surface area contributed by atoms with Crippen LogP contribution in [0.25, 0.3) is 83.3 Å². The standard InChI is InChI=1S/C45H29N3/c1-3-12-29(13-4-1)31-22-25-42-39(27-31)37-24-23-36-35-19-8-7-16-32(35)28-40(36)44(37)48(42)34-18-11-17-33(26-34)45-46-41-21-10-9-20-38(41)43(47-45)30-14-5-2-6-15-30/h1-27H,28H2. The average Bonchev–Trinajstić information content (AvgIpc) is 3.71. The quantitative estimate of drug-likeness (QED) is 0.198. The minimum Gasteiger partial charge on any atom is -0.309 e. The summed E-state index contributed by atoms with van der Waals surface area (Å²) in [5, 5.41) is 3.58. The smallest absolute Gasteiger partial charge is 0.160 e. The van der Waals surface area contributed by atoms with Crippen molar-refractivity contribution in [1.29, 1.82) is 0 Å². The van der Waals surface area contributed by atoms with Crippen LogP contribution in [0.15, 0.2) is 164 Å². The van der Waals surface area contributed by atoms with Gasteiger partial charge in [-0.1, -0.05) is 133 Å². The second-order valence-corrected chi connectivity index (χ2v) is 12.6. The maximum Gasteiger partial charge on any atom is 0.160 e. The second-order valence-electron chi connectivity index (χ2n) is 12.6. The van der Waals surface area contributed by atoms with Crippen molar-refractivity contribution in [1.82, 2.24) is 14.5 Å². The lowest BCUT2D eigenvalue weighted by atomic mass is 10.0. The first-order chi connectivity index (χ1) is 23.8. The van der Waals surface area contributed by atoms with Gasteiger partial charge in [0, 0.05) is 39.4 Å². The van der Waals surface area contributed by atoms with E-state index in [4.69, 9.17) is 9.97 Å². The molecular formula is C45H29N3. The van der Waals surface area contributed by atoms with Crippen LogP contribution in [0.3, 0.4) is 0 Å². The topological polar surface area (TPSA) is 30.7 Å². The fourth-order valence-corrected chi connectivity index (χ4v) is 7.62. The van der Waals surface area contributed by atoms with Gasteiger partial charge in [0.2, 0.25) is 0 Å². The van der Waals surface area contributed by atoms with Crippen molar-refractivity contribution in [2.45, 2.75) is 6.42 Å². The summed E-state index contributed by atoms with van der Waals surface area (Å²) >= 11 is 0. The van der Waals surface area contributed by atoms with Crippen LogP contribution in [-0.2, 0) is 6.42 Å². The molecule has 224 valence electrons. The SMILES string of the molecule is c1ccc(-c2ccc3c(c2)c2ccc4c(c2n3-c2cccc(-c3nc(-c5ccccc5)c5ccccc5n3)c2)Cc2ccccc2-4)cc1. The maximum absolute atomic E-state index is 5.20. The van der Waals surface area contributed by atoms with Gasteiger partial charge in [0.15, 0.2) is 5.82 Å². The summed E-state index contributed by atoms with van der Waals surface area (Å²) in [4.78, 5) is 10.3. The molecule has 0 amide bonds. The first kappa shape index (κ1) is 26.9. The Hall–Kier alpha value is -6.32. The first-order valence-electron chi connectivity index (χ1n) is 16.5. The van der Waals surface area contributed by atoms with Crippen LogP contribution in [0.4, 0.5) is 0 Å². The third kappa shape index (κ3) is 4.14. The van der Waals surface area contributed by atoms with Gasteiger partial charge in [0.25, 0.3) is 0 Å². The van der Waals surface area contributed by atoms with E-state index in [0.29, 0.717) is 0 Å². The molecule has 10 rings (SSSR count). The molecule has 0 aliphatic heterocycles. The van der Waals surface area contributed by atoms with Gasteiger partial charge in [-0.25, -0.2) is 9.97 Å². The Kier molecular flexibility index (Phi) is 5.94. The predicted octanol–water partition coefficient (Wildman–Crippen LogP) is 11.3. The number of fused-ring (bicyclic) bond motifs is 8. The summed E-state index contributed by atoms with van der Waals surface area (Å²) in [6.45, 7) is 0. The molecule has 1 aliphatic rings. The van der Waals surface area contributed by atoms with Crippen LogP contribution < -0.4 is 0 Å². The Balaban J connectivity index is 1.22. The summed E-state index contributed by atoms with van der Waals surface area (Å²) in [6.07, 6.45) is 0.915. The Labute approximate surface area is 278 Å². The molecule has 0 N–H and O–H groups in total. The van der Waals surface area contributed by atoms with Gasteiger partial charge in [-0.2, -0.15) is 0 Å². The lowest BCUT2D eigenvalue weighted by Crippen LogP contribution is -1.99. The molecular weight excluding hydrogens is 583 g/mol. The van der Waals surface area contributed by atoms with Gasteiger partial charge < -0.3 is 4.57 Å². The molecule has 48 heavy (non-hydrogen) atoms. The van der Waals surface area contributed by atoms with Gasteiger partial charge in [-0.3, -0.25) is 0 Å². The molecule has 2 heterocycles. The van der Waals surface area contributed by atoms with Crippen molar-refractivity contribution in [3.8, 4) is 50.6 Å². The molecule has 2 aromatic heterocycles. The van der Waals surface area contributed by atoms with E-state index in [9.17, 15) is 0 Å². The van der Waals surface area contributed by atoms with E-state index >= 15 is 0 Å². The lowest BCUT2D eigenvalue weighted by molar-refractivity contribution is 1.15. The van der Waals surface area contributed by atoms with Gasteiger partial charge in [-0.05, 0) is 63.7 Å². The Bertz CT molecular complexity index is 2690. The van der Waals surface area contributed by atoms with E-state index in [1.165, 1.54) is 55.2 Å². The van der Waals surface area contributed by atoms with E-state index in [2.05, 4.69) is 156 Å². The maximum atomic E-state index is 5.20. The minimum atomic E-state index is 0.721. The summed E-state index contributed by atoms with van der Waals surface area (Å²) in [5.74, 6) is 0.721. The van der Waals surface area contributed by atoms with E-state index in [1.807, 2.05) is 12.1 Å². The third-order valence-electron chi connectivity index (χ3n) is 9.83. The monoisotopic (exact) mass is 611 g/mol. The number of benzene rings is 7. The molecule has 0 fully saturated rings. The number of aromatic nitrogens is 3. The first-order valence-corrected chi connectivity index (χ1v) is 16.5. The van der Waals surface area contributed by atoms with Crippen LogP contribution in [0.5, 0.6) is 0 Å². The van der Waals surface area contributed by atoms with E-state index < -0.39 is 0 Å². The zero-order valence-corrected chi connectivity index (χ0v) is 26.1. The highest BCUT2D eigenvalue weighted by molar-refractivity contribution is 6.13. The fraction of sp³-hybridized carbons (Fsp3) is 0.0222. The molecule has 0 radical (unpaired) electrons. The summed E-state index contributed by atoms with van der Waals surface area (Å²) in [6, 6.07) is 58.5. The molecule has 3 nitrogen and oxygen atoms in total. The minimum absolute atomic E-state index is 0.721. The zero-order valence-electron chi connectivity index (χ0n) is 26.1. The van der Waals surface area contributed by atoms with Crippen LogP contribution in [0, 0.1) is 0 Å². The van der Waals surface area contributed by atoms with Crippen molar-refractivity contribution in [2.24, 2.45) is 0 Å². The molecule has 0 bridgehead atoms. The van der Waals surface area contributed by atoms with Crippen molar-refractivity contribution >= 4 is 32.7 Å². The number of hydrogen-bond acceptors (Lipinski definition) is 2. The van der Waals surface area contributed by atoms with Crippen molar-refractivity contribution in [3.05, 3.63) is 175 Å². The number of nitrogens with zero attached hydrogens (tertiary/aromatic N) is 3. The van der Waals surface area contributed by atoms with Gasteiger partial charge in [-0.15, -0.1) is 0 Å². The number of para-hydroxylation sites is 1. The predicted molar refractivity (Wildman–Crippen MR) is 198 cm³/mol. The third-order valence-corrected chi connectivity index (χ3v) is 9.83. The highest BCUT2D eigenvalue weighted by Gasteiger charge is 2.25. The normalized spacial score (nSPS) is 12.1. The highest BCUT2D eigenvalue weighted by atomic mass is 15.0. The van der Waals surface area contributed by atoms with Gasteiger partial charge in [0.1, 0.15) is 0 Å². The number of rotatable bonds is 4. The molecule has 9 aromatic rings.